The average Bonchev–Trinajstić information content (AvgIpc) is 2.65. The van der Waals surface area contributed by atoms with Gasteiger partial charge in [0.25, 0.3) is 0 Å². The van der Waals surface area contributed by atoms with Gasteiger partial charge in [0.1, 0.15) is 5.75 Å². The molecule has 1 aromatic heterocycles. The molecule has 0 saturated carbocycles. The van der Waals surface area contributed by atoms with Crippen molar-refractivity contribution >= 4 is 6.29 Å². The van der Waals surface area contributed by atoms with E-state index in [1.807, 2.05) is 6.07 Å². The maximum Gasteiger partial charge on any atom is 0.166 e. The number of aromatic hydroxyl groups is 1. The number of carbonyl (C=O) groups excluding carboxylic acids is 1. The van der Waals surface area contributed by atoms with Gasteiger partial charge in [-0.1, -0.05) is 6.07 Å². The number of aromatic nitrogens is 1. The van der Waals surface area contributed by atoms with Crippen molar-refractivity contribution in [2.45, 2.75) is 0 Å². The third-order valence-electron chi connectivity index (χ3n) is 2.01. The first-order valence-corrected chi connectivity index (χ1v) is 4.23. The van der Waals surface area contributed by atoms with Gasteiger partial charge in [0, 0.05) is 18.0 Å². The van der Waals surface area contributed by atoms with Crippen molar-refractivity contribution in [3.8, 4) is 11.4 Å². The van der Waals surface area contributed by atoms with Gasteiger partial charge < -0.3 is 9.67 Å². The summed E-state index contributed by atoms with van der Waals surface area (Å²) in [5, 5.41) is 9.27. The minimum absolute atomic E-state index is 0.188. The van der Waals surface area contributed by atoms with Gasteiger partial charge in [-0.3, -0.25) is 4.79 Å². The number of benzene rings is 1. The van der Waals surface area contributed by atoms with Gasteiger partial charge in [-0.2, -0.15) is 0 Å². The van der Waals surface area contributed by atoms with Crippen molar-refractivity contribution in [2.75, 3.05) is 0 Å². The zero-order valence-corrected chi connectivity index (χ0v) is 7.42. The van der Waals surface area contributed by atoms with Crippen molar-refractivity contribution in [1.82, 2.24) is 4.57 Å². The molecule has 14 heavy (non-hydrogen) atoms. The summed E-state index contributed by atoms with van der Waals surface area (Å²) in [7, 11) is 0. The van der Waals surface area contributed by atoms with E-state index in [-0.39, 0.29) is 5.75 Å². The van der Waals surface area contributed by atoms with Crippen LogP contribution in [-0.4, -0.2) is 16.0 Å². The Morgan fingerprint density at radius 2 is 2.07 bits per heavy atom. The summed E-state index contributed by atoms with van der Waals surface area (Å²) in [6.45, 7) is 0. The Hall–Kier alpha value is -2.03. The molecular weight excluding hydrogens is 178 g/mol. The van der Waals surface area contributed by atoms with Crippen LogP contribution in [0.5, 0.6) is 5.75 Å². The highest BCUT2D eigenvalue weighted by Gasteiger charge is 2.01. The standard InChI is InChI=1S/C11H9NO2/c13-8-10-4-2-6-12(10)9-3-1-5-11(14)7-9/h1-8,14H. The van der Waals surface area contributed by atoms with E-state index in [0.29, 0.717) is 5.69 Å². The van der Waals surface area contributed by atoms with Crippen molar-refractivity contribution in [1.29, 1.82) is 0 Å². The highest BCUT2D eigenvalue weighted by Crippen LogP contribution is 2.16. The lowest BCUT2D eigenvalue weighted by atomic mass is 10.3. The Labute approximate surface area is 81.2 Å². The second-order valence-electron chi connectivity index (χ2n) is 2.94. The molecule has 70 valence electrons. The Bertz CT molecular complexity index is 460. The van der Waals surface area contributed by atoms with Gasteiger partial charge >= 0.3 is 0 Å². The van der Waals surface area contributed by atoms with E-state index in [4.69, 9.17) is 0 Å². The predicted molar refractivity (Wildman–Crippen MR) is 52.8 cm³/mol. The molecule has 0 aliphatic heterocycles. The van der Waals surface area contributed by atoms with E-state index >= 15 is 0 Å². The SMILES string of the molecule is O=Cc1cccn1-c1cccc(O)c1. The zero-order valence-electron chi connectivity index (χ0n) is 7.42. The molecule has 0 aliphatic carbocycles. The molecule has 1 N–H and O–H groups in total. The number of hydrogen-bond acceptors (Lipinski definition) is 2. The summed E-state index contributed by atoms with van der Waals surface area (Å²) in [4.78, 5) is 10.7. The average molecular weight is 187 g/mol. The van der Waals surface area contributed by atoms with Crippen molar-refractivity contribution in [3.05, 3.63) is 48.3 Å². The van der Waals surface area contributed by atoms with Crippen LogP contribution in [0.25, 0.3) is 5.69 Å². The smallest absolute Gasteiger partial charge is 0.166 e. The van der Waals surface area contributed by atoms with Crippen LogP contribution >= 0.6 is 0 Å². The molecule has 2 rings (SSSR count). The molecule has 2 aromatic rings. The molecule has 3 heteroatoms. The topological polar surface area (TPSA) is 42.2 Å². The summed E-state index contributed by atoms with van der Waals surface area (Å²) in [6, 6.07) is 10.3. The van der Waals surface area contributed by atoms with Crippen molar-refractivity contribution in [2.24, 2.45) is 0 Å². The number of aldehydes is 1. The third-order valence-corrected chi connectivity index (χ3v) is 2.01. The Morgan fingerprint density at radius 3 is 2.79 bits per heavy atom. The number of nitrogens with zero attached hydrogens (tertiary/aromatic N) is 1. The van der Waals surface area contributed by atoms with Gasteiger partial charge in [-0.15, -0.1) is 0 Å². The molecule has 0 spiro atoms. The van der Waals surface area contributed by atoms with Crippen LogP contribution in [0.2, 0.25) is 0 Å². The lowest BCUT2D eigenvalue weighted by molar-refractivity contribution is 0.111. The molecule has 0 aliphatic rings. The Kier molecular flexibility index (Phi) is 2.07. The fourth-order valence-corrected chi connectivity index (χ4v) is 1.37. The highest BCUT2D eigenvalue weighted by atomic mass is 16.3. The zero-order chi connectivity index (χ0) is 9.97. The van der Waals surface area contributed by atoms with Gasteiger partial charge in [-0.25, -0.2) is 0 Å². The van der Waals surface area contributed by atoms with Gasteiger partial charge in [0.15, 0.2) is 6.29 Å². The normalized spacial score (nSPS) is 10.0. The number of hydrogen-bond donors (Lipinski definition) is 1. The van der Waals surface area contributed by atoms with Crippen LogP contribution in [0.4, 0.5) is 0 Å². The lowest BCUT2D eigenvalue weighted by Crippen LogP contribution is -1.96. The molecule has 0 amide bonds. The molecule has 0 atom stereocenters. The first-order valence-electron chi connectivity index (χ1n) is 4.23. The summed E-state index contributed by atoms with van der Waals surface area (Å²) >= 11 is 0. The Balaban J connectivity index is 2.54. The Morgan fingerprint density at radius 1 is 1.21 bits per heavy atom. The number of phenols is 1. The van der Waals surface area contributed by atoms with E-state index < -0.39 is 0 Å². The highest BCUT2D eigenvalue weighted by molar-refractivity contribution is 5.73. The van der Waals surface area contributed by atoms with E-state index in [2.05, 4.69) is 0 Å². The van der Waals surface area contributed by atoms with E-state index in [1.165, 1.54) is 0 Å². The molecule has 0 fully saturated rings. The molecule has 0 bridgehead atoms. The lowest BCUT2D eigenvalue weighted by Gasteiger charge is -2.04. The van der Waals surface area contributed by atoms with E-state index in [9.17, 15) is 9.90 Å². The number of rotatable bonds is 2. The monoisotopic (exact) mass is 187 g/mol. The molecule has 0 radical (unpaired) electrons. The van der Waals surface area contributed by atoms with E-state index in [1.54, 1.807) is 41.1 Å². The van der Waals surface area contributed by atoms with Gasteiger partial charge in [0.2, 0.25) is 0 Å². The molecular formula is C11H9NO2. The second kappa shape index (κ2) is 3.38. The van der Waals surface area contributed by atoms with Crippen LogP contribution in [0.15, 0.2) is 42.6 Å². The van der Waals surface area contributed by atoms with Gasteiger partial charge in [-0.05, 0) is 24.3 Å². The molecule has 0 unspecified atom stereocenters. The fourth-order valence-electron chi connectivity index (χ4n) is 1.37. The molecule has 0 saturated heterocycles. The van der Waals surface area contributed by atoms with Crippen molar-refractivity contribution in [3.63, 3.8) is 0 Å². The molecule has 3 nitrogen and oxygen atoms in total. The summed E-state index contributed by atoms with van der Waals surface area (Å²) < 4.78 is 1.72. The second-order valence-corrected chi connectivity index (χ2v) is 2.94. The predicted octanol–water partition coefficient (Wildman–Crippen LogP) is 2.00. The van der Waals surface area contributed by atoms with Crippen LogP contribution in [0.1, 0.15) is 10.5 Å². The largest absolute Gasteiger partial charge is 0.508 e. The van der Waals surface area contributed by atoms with Crippen molar-refractivity contribution < 1.29 is 9.90 Å². The molecule has 1 aromatic carbocycles. The van der Waals surface area contributed by atoms with Crippen LogP contribution in [-0.2, 0) is 0 Å². The van der Waals surface area contributed by atoms with Crippen LogP contribution in [0.3, 0.4) is 0 Å². The van der Waals surface area contributed by atoms with Gasteiger partial charge in [0.05, 0.1) is 5.69 Å². The first kappa shape index (κ1) is 8.56. The quantitative estimate of drug-likeness (QED) is 0.730. The number of phenolic OH excluding ortho intramolecular Hbond substituents is 1. The third kappa shape index (κ3) is 1.40. The van der Waals surface area contributed by atoms with Crippen LogP contribution < -0.4 is 0 Å². The summed E-state index contributed by atoms with van der Waals surface area (Å²) in [6.07, 6.45) is 2.56. The fraction of sp³-hybridized carbons (Fsp3) is 0. The van der Waals surface area contributed by atoms with E-state index in [0.717, 1.165) is 12.0 Å². The maximum atomic E-state index is 10.7. The maximum absolute atomic E-state index is 10.7. The first-order chi connectivity index (χ1) is 6.81. The minimum atomic E-state index is 0.188. The summed E-state index contributed by atoms with van der Waals surface area (Å²) in [5.74, 6) is 0.188. The minimum Gasteiger partial charge on any atom is -0.508 e. The number of carbonyl (C=O) groups is 1. The molecule has 1 heterocycles. The summed E-state index contributed by atoms with van der Waals surface area (Å²) in [5.41, 5.74) is 1.34. The van der Waals surface area contributed by atoms with Crippen LogP contribution in [0, 0.1) is 0 Å².